The minimum absolute atomic E-state index is 0.368. The third-order valence-corrected chi connectivity index (χ3v) is 2.37. The SMILES string of the molecule is Cc1cccc(OC(=O)CNS(C)(=O)=O)c1. The molecule has 1 rings (SSSR count). The first-order chi connectivity index (χ1) is 7.37. The number of sulfonamides is 1. The van der Waals surface area contributed by atoms with Crippen molar-refractivity contribution in [2.24, 2.45) is 0 Å². The van der Waals surface area contributed by atoms with Crippen molar-refractivity contribution in [2.75, 3.05) is 12.8 Å². The maximum Gasteiger partial charge on any atom is 0.326 e. The standard InChI is InChI=1S/C10H13NO4S/c1-8-4-3-5-9(6-8)15-10(12)7-11-16(2,13)14/h3-6,11H,7H2,1-2H3. The summed E-state index contributed by atoms with van der Waals surface area (Å²) >= 11 is 0. The highest BCUT2D eigenvalue weighted by atomic mass is 32.2. The normalized spacial score (nSPS) is 11.1. The van der Waals surface area contributed by atoms with Gasteiger partial charge in [-0.15, -0.1) is 0 Å². The molecule has 1 aromatic rings. The molecule has 0 aliphatic heterocycles. The fourth-order valence-electron chi connectivity index (χ4n) is 1.04. The maximum atomic E-state index is 11.2. The second-order valence-electron chi connectivity index (χ2n) is 3.38. The highest BCUT2D eigenvalue weighted by Crippen LogP contribution is 2.12. The van der Waals surface area contributed by atoms with Gasteiger partial charge in [0, 0.05) is 0 Å². The van der Waals surface area contributed by atoms with Gasteiger partial charge < -0.3 is 4.74 Å². The number of carbonyl (C=O) groups excluding carboxylic acids is 1. The first kappa shape index (κ1) is 12.7. The van der Waals surface area contributed by atoms with Crippen molar-refractivity contribution in [3.8, 4) is 5.75 Å². The molecule has 88 valence electrons. The van der Waals surface area contributed by atoms with Gasteiger partial charge in [-0.25, -0.2) is 13.1 Å². The largest absolute Gasteiger partial charge is 0.426 e. The minimum atomic E-state index is -3.37. The highest BCUT2D eigenvalue weighted by molar-refractivity contribution is 7.88. The number of ether oxygens (including phenoxy) is 1. The average molecular weight is 243 g/mol. The van der Waals surface area contributed by atoms with Gasteiger partial charge >= 0.3 is 5.97 Å². The van der Waals surface area contributed by atoms with E-state index in [0.29, 0.717) is 5.75 Å². The molecule has 1 N–H and O–H groups in total. The average Bonchev–Trinajstić information content (AvgIpc) is 2.14. The summed E-state index contributed by atoms with van der Waals surface area (Å²) < 4.78 is 28.4. The summed E-state index contributed by atoms with van der Waals surface area (Å²) in [6.45, 7) is 1.50. The predicted octanol–water partition coefficient (Wildman–Crippen LogP) is 0.450. The molecule has 6 heteroatoms. The number of rotatable bonds is 4. The number of hydrogen-bond donors (Lipinski definition) is 1. The molecule has 5 nitrogen and oxygen atoms in total. The van der Waals surface area contributed by atoms with Crippen molar-refractivity contribution in [3.05, 3.63) is 29.8 Å². The van der Waals surface area contributed by atoms with E-state index in [9.17, 15) is 13.2 Å². The number of esters is 1. The van der Waals surface area contributed by atoms with Gasteiger partial charge in [0.05, 0.1) is 6.26 Å². The smallest absolute Gasteiger partial charge is 0.326 e. The van der Waals surface area contributed by atoms with Crippen LogP contribution in [0.25, 0.3) is 0 Å². The van der Waals surface area contributed by atoms with Crippen LogP contribution in [0.5, 0.6) is 5.75 Å². The van der Waals surface area contributed by atoms with Gasteiger partial charge in [-0.3, -0.25) is 4.79 Å². The minimum Gasteiger partial charge on any atom is -0.426 e. The second kappa shape index (κ2) is 5.09. The monoisotopic (exact) mass is 243 g/mol. The molecular formula is C10H13NO4S. The number of nitrogens with one attached hydrogen (secondary N) is 1. The van der Waals surface area contributed by atoms with Crippen molar-refractivity contribution in [3.63, 3.8) is 0 Å². The Balaban J connectivity index is 2.52. The van der Waals surface area contributed by atoms with Crippen LogP contribution in [-0.2, 0) is 14.8 Å². The van der Waals surface area contributed by atoms with Gasteiger partial charge in [0.1, 0.15) is 12.3 Å². The Morgan fingerprint density at radius 2 is 2.12 bits per heavy atom. The van der Waals surface area contributed by atoms with E-state index in [1.165, 1.54) is 0 Å². The van der Waals surface area contributed by atoms with Gasteiger partial charge in [0.2, 0.25) is 10.0 Å². The molecule has 0 aromatic heterocycles. The first-order valence-corrected chi connectivity index (χ1v) is 6.48. The van der Waals surface area contributed by atoms with Gasteiger partial charge in [-0.05, 0) is 24.6 Å². The molecule has 0 atom stereocenters. The highest BCUT2D eigenvalue weighted by Gasteiger charge is 2.08. The Kier molecular flexibility index (Phi) is 4.03. The van der Waals surface area contributed by atoms with E-state index in [0.717, 1.165) is 11.8 Å². The fraction of sp³-hybridized carbons (Fsp3) is 0.300. The van der Waals surface area contributed by atoms with Gasteiger partial charge in [0.15, 0.2) is 0 Å². The van der Waals surface area contributed by atoms with Crippen LogP contribution in [0.3, 0.4) is 0 Å². The molecule has 0 radical (unpaired) electrons. The lowest BCUT2D eigenvalue weighted by atomic mass is 10.2. The van der Waals surface area contributed by atoms with E-state index in [4.69, 9.17) is 4.74 Å². The third kappa shape index (κ3) is 4.90. The molecule has 0 bridgehead atoms. The first-order valence-electron chi connectivity index (χ1n) is 4.59. The lowest BCUT2D eigenvalue weighted by Gasteiger charge is -2.05. The topological polar surface area (TPSA) is 72.5 Å². The summed E-state index contributed by atoms with van der Waals surface area (Å²) in [6, 6.07) is 6.94. The summed E-state index contributed by atoms with van der Waals surface area (Å²) in [5, 5.41) is 0. The van der Waals surface area contributed by atoms with Crippen LogP contribution in [0.1, 0.15) is 5.56 Å². The Hall–Kier alpha value is -1.40. The Morgan fingerprint density at radius 1 is 1.44 bits per heavy atom. The molecule has 0 heterocycles. The van der Waals surface area contributed by atoms with E-state index in [1.807, 2.05) is 13.0 Å². The summed E-state index contributed by atoms with van der Waals surface area (Å²) in [5.41, 5.74) is 0.960. The molecule has 1 aromatic carbocycles. The van der Waals surface area contributed by atoms with Gasteiger partial charge in [-0.1, -0.05) is 12.1 Å². The Bertz CT molecular complexity index is 481. The summed E-state index contributed by atoms with van der Waals surface area (Å²) in [6.07, 6.45) is 0.979. The van der Waals surface area contributed by atoms with Crippen molar-refractivity contribution in [1.29, 1.82) is 0 Å². The molecule has 0 saturated heterocycles. The number of carbonyl (C=O) groups is 1. The molecule has 0 amide bonds. The van der Waals surface area contributed by atoms with E-state index in [2.05, 4.69) is 4.72 Å². The van der Waals surface area contributed by atoms with Crippen LogP contribution in [0.4, 0.5) is 0 Å². The van der Waals surface area contributed by atoms with Crippen LogP contribution < -0.4 is 9.46 Å². The van der Waals surface area contributed by atoms with Crippen LogP contribution >= 0.6 is 0 Å². The lowest BCUT2D eigenvalue weighted by Crippen LogP contribution is -2.30. The van der Waals surface area contributed by atoms with Crippen molar-refractivity contribution < 1.29 is 17.9 Å². The zero-order valence-corrected chi connectivity index (χ0v) is 9.87. The quantitative estimate of drug-likeness (QED) is 0.615. The van der Waals surface area contributed by atoms with Crippen molar-refractivity contribution in [2.45, 2.75) is 6.92 Å². The summed E-state index contributed by atoms with van der Waals surface area (Å²) in [4.78, 5) is 11.2. The van der Waals surface area contributed by atoms with E-state index in [-0.39, 0.29) is 6.54 Å². The molecule has 16 heavy (non-hydrogen) atoms. The van der Waals surface area contributed by atoms with E-state index < -0.39 is 16.0 Å². The lowest BCUT2D eigenvalue weighted by molar-refractivity contribution is -0.133. The van der Waals surface area contributed by atoms with Crippen LogP contribution in [-0.4, -0.2) is 27.2 Å². The maximum absolute atomic E-state index is 11.2. The zero-order valence-electron chi connectivity index (χ0n) is 9.06. The van der Waals surface area contributed by atoms with E-state index >= 15 is 0 Å². The van der Waals surface area contributed by atoms with Crippen molar-refractivity contribution >= 4 is 16.0 Å². The fourth-order valence-corrected chi connectivity index (χ4v) is 1.42. The van der Waals surface area contributed by atoms with Crippen LogP contribution in [0.2, 0.25) is 0 Å². The van der Waals surface area contributed by atoms with Crippen molar-refractivity contribution in [1.82, 2.24) is 4.72 Å². The number of benzene rings is 1. The molecule has 0 fully saturated rings. The summed E-state index contributed by atoms with van der Waals surface area (Å²) in [5.74, 6) is -0.240. The number of aryl methyl sites for hydroxylation is 1. The molecule has 0 aliphatic carbocycles. The molecule has 0 aliphatic rings. The Morgan fingerprint density at radius 3 is 2.69 bits per heavy atom. The molecule has 0 spiro atoms. The zero-order chi connectivity index (χ0) is 12.2. The molecular weight excluding hydrogens is 230 g/mol. The van der Waals surface area contributed by atoms with Crippen LogP contribution in [0, 0.1) is 6.92 Å². The third-order valence-electron chi connectivity index (χ3n) is 1.70. The summed E-state index contributed by atoms with van der Waals surface area (Å²) in [7, 11) is -3.37. The number of hydrogen-bond acceptors (Lipinski definition) is 4. The molecule has 0 saturated carbocycles. The van der Waals surface area contributed by atoms with Crippen LogP contribution in [0.15, 0.2) is 24.3 Å². The van der Waals surface area contributed by atoms with E-state index in [1.54, 1.807) is 18.2 Å². The predicted molar refractivity (Wildman–Crippen MR) is 59.7 cm³/mol. The van der Waals surface area contributed by atoms with Gasteiger partial charge in [0.25, 0.3) is 0 Å². The Labute approximate surface area is 94.5 Å². The second-order valence-corrected chi connectivity index (χ2v) is 5.22. The molecule has 0 unspecified atom stereocenters. The van der Waals surface area contributed by atoms with Gasteiger partial charge in [-0.2, -0.15) is 0 Å².